The van der Waals surface area contributed by atoms with Crippen molar-refractivity contribution in [2.24, 2.45) is 0 Å². The summed E-state index contributed by atoms with van der Waals surface area (Å²) in [5.74, 6) is -8.41. The van der Waals surface area contributed by atoms with Crippen LogP contribution < -0.4 is 8.91 Å². The lowest BCUT2D eigenvalue weighted by Crippen LogP contribution is -2.64. The minimum atomic E-state index is -7.56. The van der Waals surface area contributed by atoms with E-state index < -0.39 is 53.3 Å². The van der Waals surface area contributed by atoms with E-state index in [9.17, 15) is 56.3 Å². The van der Waals surface area contributed by atoms with E-state index in [1.807, 2.05) is 0 Å². The largest absolute Gasteiger partial charge is 0.470 e. The van der Waals surface area contributed by atoms with E-state index in [0.29, 0.717) is 24.1 Å². The topological polar surface area (TPSA) is 89.5 Å². The Kier molecular flexibility index (Phi) is 6.54. The van der Waals surface area contributed by atoms with Gasteiger partial charge in [0.05, 0.1) is 0 Å². The molecule has 0 amide bonds. The van der Waals surface area contributed by atoms with Gasteiger partial charge in [0.1, 0.15) is 5.75 Å². The van der Waals surface area contributed by atoms with Gasteiger partial charge in [0, 0.05) is 0 Å². The van der Waals surface area contributed by atoms with E-state index in [1.165, 1.54) is 0 Å². The van der Waals surface area contributed by atoms with Crippen molar-refractivity contribution in [1.29, 1.82) is 0 Å². The lowest BCUT2D eigenvalue weighted by atomic mass is 10.2. The Bertz CT molecular complexity index is 941. The summed E-state index contributed by atoms with van der Waals surface area (Å²) >= 11 is 0. The van der Waals surface area contributed by atoms with E-state index in [-0.39, 0.29) is 0 Å². The van der Waals surface area contributed by atoms with Crippen LogP contribution in [0.15, 0.2) is 24.3 Å². The second-order valence-corrected chi connectivity index (χ2v) is 8.56. The Balaban J connectivity index is 3.38. The van der Waals surface area contributed by atoms with Gasteiger partial charge in [-0.3, -0.25) is 0 Å². The predicted molar refractivity (Wildman–Crippen MR) is 78.3 cm³/mol. The van der Waals surface area contributed by atoms with Crippen LogP contribution in [0, 0.1) is 0 Å². The average molecular weight is 483 g/mol. The second-order valence-electron chi connectivity index (χ2n) is 5.25. The number of nitrogens with one attached hydrogen (secondary N) is 1. The molecule has 17 heteroatoms. The molecule has 0 atom stereocenters. The summed E-state index contributed by atoms with van der Waals surface area (Å²) in [7, 11) is -14.6. The molecule has 1 rings (SSSR count). The number of hydrogen-bond donors (Lipinski definition) is 1. The first-order chi connectivity index (χ1) is 12.7. The summed E-state index contributed by atoms with van der Waals surface area (Å²) in [6.07, 6.45) is -5.87. The van der Waals surface area contributed by atoms with Crippen LogP contribution in [0.5, 0.6) is 5.75 Å². The maximum Gasteiger partial charge on any atom is 0.470 e. The first-order valence-electron chi connectivity index (χ1n) is 6.98. The fourth-order valence-electron chi connectivity index (χ4n) is 1.67. The van der Waals surface area contributed by atoms with Crippen molar-refractivity contribution in [2.75, 3.05) is 0 Å². The molecule has 0 aliphatic carbocycles. The number of aryl methyl sites for hydroxylation is 1. The predicted octanol–water partition coefficient (Wildman–Crippen LogP) is 3.22. The fourth-order valence-corrected chi connectivity index (χ4v) is 3.55. The number of rotatable bonds is 8. The van der Waals surface area contributed by atoms with Crippen LogP contribution in [0.1, 0.15) is 12.5 Å². The molecule has 1 N–H and O–H groups in total. The van der Waals surface area contributed by atoms with Gasteiger partial charge in [0.15, 0.2) is 0 Å². The molecule has 0 aliphatic heterocycles. The number of halogens is 9. The van der Waals surface area contributed by atoms with E-state index in [4.69, 9.17) is 0 Å². The summed E-state index contributed by atoms with van der Waals surface area (Å²) in [6.45, 7) is 1.62. The van der Waals surface area contributed by atoms with Gasteiger partial charge in [-0.25, -0.2) is 8.42 Å². The monoisotopic (exact) mass is 483 g/mol. The SMILES string of the molecule is CCc1ccc(OS(=O)(=O)C(F)(F)C(F)(F)C(F)(F)S(=O)(=O)NC(F)(F)F)cc1. The molecule has 0 radical (unpaired) electrons. The maximum absolute atomic E-state index is 13.8. The zero-order chi connectivity index (χ0) is 23.1. The zero-order valence-electron chi connectivity index (χ0n) is 13.8. The maximum atomic E-state index is 13.8. The van der Waals surface area contributed by atoms with Gasteiger partial charge in [0.25, 0.3) is 10.0 Å². The number of benzene rings is 1. The quantitative estimate of drug-likeness (QED) is 0.349. The third kappa shape index (κ3) is 4.71. The lowest BCUT2D eigenvalue weighted by Gasteiger charge is -2.31. The van der Waals surface area contributed by atoms with Crippen LogP contribution in [-0.4, -0.2) is 39.6 Å². The molecule has 0 aromatic heterocycles. The first-order valence-corrected chi connectivity index (χ1v) is 9.87. The van der Waals surface area contributed by atoms with E-state index in [0.717, 1.165) is 12.1 Å². The smallest absolute Gasteiger partial charge is 0.378 e. The minimum absolute atomic E-state index is 0.373. The van der Waals surface area contributed by atoms with E-state index in [2.05, 4.69) is 4.18 Å². The molecule has 6 nitrogen and oxygen atoms in total. The molecular weight excluding hydrogens is 473 g/mol. The molecule has 1 aromatic rings. The van der Waals surface area contributed by atoms with Gasteiger partial charge in [0.2, 0.25) is 0 Å². The third-order valence-electron chi connectivity index (χ3n) is 3.17. The van der Waals surface area contributed by atoms with Crippen LogP contribution in [0.25, 0.3) is 0 Å². The molecule has 0 saturated heterocycles. The van der Waals surface area contributed by atoms with Crippen LogP contribution in [-0.2, 0) is 26.6 Å². The van der Waals surface area contributed by atoms with Crippen molar-refractivity contribution in [3.63, 3.8) is 0 Å². The molecule has 29 heavy (non-hydrogen) atoms. The molecule has 0 aliphatic rings. The van der Waals surface area contributed by atoms with Crippen molar-refractivity contribution < 1.29 is 60.5 Å². The number of alkyl halides is 9. The van der Waals surface area contributed by atoms with Crippen LogP contribution in [0.4, 0.5) is 39.5 Å². The summed E-state index contributed by atoms with van der Waals surface area (Å²) in [6, 6.07) is 3.61. The van der Waals surface area contributed by atoms with Gasteiger partial charge >= 0.3 is 32.9 Å². The fraction of sp³-hybridized carbons (Fsp3) is 0.500. The van der Waals surface area contributed by atoms with Crippen LogP contribution >= 0.6 is 0 Å². The highest BCUT2D eigenvalue weighted by atomic mass is 32.2. The molecular formula is C12H10F9NO5S2. The highest BCUT2D eigenvalue weighted by molar-refractivity contribution is 7.91. The van der Waals surface area contributed by atoms with E-state index >= 15 is 0 Å². The van der Waals surface area contributed by atoms with E-state index in [1.54, 1.807) is 6.92 Å². The van der Waals surface area contributed by atoms with Gasteiger partial charge in [-0.1, -0.05) is 19.1 Å². The molecule has 0 spiro atoms. The number of hydrogen-bond acceptors (Lipinski definition) is 5. The lowest BCUT2D eigenvalue weighted by molar-refractivity contribution is -0.247. The Morgan fingerprint density at radius 2 is 1.28 bits per heavy atom. The van der Waals surface area contributed by atoms with Crippen molar-refractivity contribution in [1.82, 2.24) is 4.72 Å². The average Bonchev–Trinajstić information content (AvgIpc) is 2.52. The highest BCUT2D eigenvalue weighted by Gasteiger charge is 2.83. The summed E-state index contributed by atoms with van der Waals surface area (Å²) in [5, 5.41) is -14.2. The van der Waals surface area contributed by atoms with Crippen LogP contribution in [0.3, 0.4) is 0 Å². The Labute approximate surface area is 157 Å². The van der Waals surface area contributed by atoms with Crippen molar-refractivity contribution in [3.8, 4) is 5.75 Å². The standard InChI is InChI=1S/C12H10F9NO5S2/c1-2-7-3-5-8(6-4-7)27-29(25,26)11(17,18)9(13,14)10(15,16)28(23,24)22-12(19,20)21/h3-6,22H,2H2,1H3. The normalized spacial score (nSPS) is 14.7. The molecule has 168 valence electrons. The minimum Gasteiger partial charge on any atom is -0.378 e. The Morgan fingerprint density at radius 1 is 0.828 bits per heavy atom. The summed E-state index contributed by atoms with van der Waals surface area (Å²) < 4.78 is 165. The summed E-state index contributed by atoms with van der Waals surface area (Å²) in [5.41, 5.74) is 0.502. The molecule has 0 saturated carbocycles. The van der Waals surface area contributed by atoms with Crippen molar-refractivity contribution >= 4 is 20.1 Å². The van der Waals surface area contributed by atoms with Gasteiger partial charge in [-0.05, 0) is 24.1 Å². The summed E-state index contributed by atoms with van der Waals surface area (Å²) in [4.78, 5) is 0. The second kappa shape index (κ2) is 7.50. The molecule has 1 aromatic carbocycles. The van der Waals surface area contributed by atoms with Crippen molar-refractivity contribution in [2.45, 2.75) is 36.1 Å². The molecule has 0 unspecified atom stereocenters. The highest BCUT2D eigenvalue weighted by Crippen LogP contribution is 2.51. The molecule has 0 fully saturated rings. The molecule has 0 heterocycles. The van der Waals surface area contributed by atoms with Gasteiger partial charge in [-0.15, -0.1) is 4.72 Å². The van der Waals surface area contributed by atoms with Gasteiger partial charge in [-0.2, -0.15) is 47.9 Å². The van der Waals surface area contributed by atoms with Gasteiger partial charge < -0.3 is 4.18 Å². The Hall–Kier alpha value is -1.75. The van der Waals surface area contributed by atoms with Crippen LogP contribution in [0.2, 0.25) is 0 Å². The third-order valence-corrected chi connectivity index (χ3v) is 5.90. The first kappa shape index (κ1) is 25.3. The zero-order valence-corrected chi connectivity index (χ0v) is 15.4. The van der Waals surface area contributed by atoms with Crippen molar-refractivity contribution in [3.05, 3.63) is 29.8 Å². The Morgan fingerprint density at radius 3 is 1.66 bits per heavy atom. The molecule has 0 bridgehead atoms. The number of sulfonamides is 1.